The fourth-order valence-electron chi connectivity index (χ4n) is 1.24. The molecule has 0 saturated carbocycles. The normalized spacial score (nSPS) is 11.2. The van der Waals surface area contributed by atoms with Crippen LogP contribution in [0, 0.1) is 6.92 Å². The van der Waals surface area contributed by atoms with E-state index in [1.165, 1.54) is 13.0 Å². The average Bonchev–Trinajstić information content (AvgIpc) is 2.13. The van der Waals surface area contributed by atoms with Gasteiger partial charge in [-0.25, -0.2) is 4.79 Å². The molecule has 0 aliphatic rings. The lowest BCUT2D eigenvalue weighted by atomic mass is 10.1. The second-order valence-corrected chi connectivity index (χ2v) is 3.33. The van der Waals surface area contributed by atoms with E-state index in [1.54, 1.807) is 6.07 Å². The molecule has 0 saturated heterocycles. The van der Waals surface area contributed by atoms with Crippen molar-refractivity contribution in [2.75, 3.05) is 0 Å². The van der Waals surface area contributed by atoms with Crippen molar-refractivity contribution in [1.29, 1.82) is 0 Å². The van der Waals surface area contributed by atoms with Gasteiger partial charge in [0, 0.05) is 0 Å². The average molecular weight is 204 g/mol. The Kier molecular flexibility index (Phi) is 3.39. The first-order chi connectivity index (χ1) is 7.00. The largest absolute Gasteiger partial charge is 0.478 e. The summed E-state index contributed by atoms with van der Waals surface area (Å²) in [5, 5.41) is 8.79. The van der Waals surface area contributed by atoms with Gasteiger partial charge >= 0.3 is 5.97 Å². The van der Waals surface area contributed by atoms with Crippen molar-refractivity contribution in [2.45, 2.75) is 13.8 Å². The molecule has 1 aromatic rings. The Balaban J connectivity index is 3.13. The Morgan fingerprint density at radius 2 is 2.00 bits per heavy atom. The number of aliphatic carboxylic acids is 1. The fourth-order valence-corrected chi connectivity index (χ4v) is 1.24. The maximum atomic E-state index is 11.0. The Labute approximate surface area is 88.0 Å². The second kappa shape index (κ2) is 4.55. The summed E-state index contributed by atoms with van der Waals surface area (Å²) in [4.78, 5) is 21.8. The molecule has 3 nitrogen and oxygen atoms in total. The molecule has 0 spiro atoms. The van der Waals surface area contributed by atoms with Crippen LogP contribution >= 0.6 is 0 Å². The van der Waals surface area contributed by atoms with E-state index >= 15 is 0 Å². The second-order valence-electron chi connectivity index (χ2n) is 3.33. The third-order valence-corrected chi connectivity index (χ3v) is 1.96. The number of ketones is 1. The Bertz CT molecular complexity index is 414. The number of hydrogen-bond acceptors (Lipinski definition) is 2. The number of hydrogen-bond donors (Lipinski definition) is 1. The van der Waals surface area contributed by atoms with Crippen LogP contribution in [0.2, 0.25) is 0 Å². The summed E-state index contributed by atoms with van der Waals surface area (Å²) >= 11 is 0. The smallest absolute Gasteiger partial charge is 0.339 e. The lowest BCUT2D eigenvalue weighted by Crippen LogP contribution is -2.08. The van der Waals surface area contributed by atoms with Crippen molar-refractivity contribution in [2.24, 2.45) is 0 Å². The predicted octanol–water partition coefficient (Wildman–Crippen LogP) is 2.05. The van der Waals surface area contributed by atoms with Crippen molar-refractivity contribution in [3.8, 4) is 0 Å². The first-order valence-electron chi connectivity index (χ1n) is 4.53. The Morgan fingerprint density at radius 1 is 1.33 bits per heavy atom. The van der Waals surface area contributed by atoms with Crippen molar-refractivity contribution < 1.29 is 14.7 Å². The molecular weight excluding hydrogens is 192 g/mol. The summed E-state index contributed by atoms with van der Waals surface area (Å²) < 4.78 is 0. The molecule has 78 valence electrons. The molecule has 0 bridgehead atoms. The number of carboxylic acids is 1. The molecular formula is C12H12O3. The number of rotatable bonds is 3. The molecule has 1 aromatic carbocycles. The van der Waals surface area contributed by atoms with E-state index in [2.05, 4.69) is 0 Å². The van der Waals surface area contributed by atoms with Crippen LogP contribution in [0.25, 0.3) is 6.08 Å². The van der Waals surface area contributed by atoms with Gasteiger partial charge in [-0.2, -0.15) is 0 Å². The number of benzene rings is 1. The molecule has 0 aliphatic heterocycles. The first kappa shape index (κ1) is 11.2. The van der Waals surface area contributed by atoms with Crippen molar-refractivity contribution in [3.05, 3.63) is 41.0 Å². The minimum absolute atomic E-state index is 0.194. The first-order valence-corrected chi connectivity index (χ1v) is 4.53. The van der Waals surface area contributed by atoms with Crippen LogP contribution in [0.4, 0.5) is 0 Å². The van der Waals surface area contributed by atoms with E-state index in [0.29, 0.717) is 0 Å². The van der Waals surface area contributed by atoms with E-state index in [9.17, 15) is 9.59 Å². The SMILES string of the molecule is CC(=O)/C(=C/c1cccc(C)c1)C(=O)O. The van der Waals surface area contributed by atoms with E-state index in [-0.39, 0.29) is 5.57 Å². The van der Waals surface area contributed by atoms with Crippen molar-refractivity contribution in [1.82, 2.24) is 0 Å². The van der Waals surface area contributed by atoms with Crippen LogP contribution in [0.3, 0.4) is 0 Å². The van der Waals surface area contributed by atoms with Crippen LogP contribution in [0.1, 0.15) is 18.1 Å². The molecule has 15 heavy (non-hydrogen) atoms. The summed E-state index contributed by atoms with van der Waals surface area (Å²) in [6.07, 6.45) is 1.39. The third-order valence-electron chi connectivity index (χ3n) is 1.96. The van der Waals surface area contributed by atoms with Crippen molar-refractivity contribution in [3.63, 3.8) is 0 Å². The van der Waals surface area contributed by atoms with E-state index < -0.39 is 11.8 Å². The van der Waals surface area contributed by atoms with Gasteiger partial charge in [-0.05, 0) is 25.5 Å². The zero-order valence-electron chi connectivity index (χ0n) is 8.65. The molecule has 0 unspecified atom stereocenters. The number of Topliss-reactive ketones (excluding diaryl/α,β-unsaturated/α-hetero) is 1. The molecule has 3 heteroatoms. The van der Waals surface area contributed by atoms with Crippen LogP contribution in [0.15, 0.2) is 29.8 Å². The van der Waals surface area contributed by atoms with Gasteiger partial charge in [0.05, 0.1) is 0 Å². The third kappa shape index (κ3) is 3.06. The van der Waals surface area contributed by atoms with Crippen LogP contribution < -0.4 is 0 Å². The zero-order valence-corrected chi connectivity index (χ0v) is 8.65. The van der Waals surface area contributed by atoms with Gasteiger partial charge in [-0.1, -0.05) is 29.8 Å². The summed E-state index contributed by atoms with van der Waals surface area (Å²) in [6.45, 7) is 3.15. The molecule has 1 rings (SSSR count). The zero-order chi connectivity index (χ0) is 11.4. The molecule has 0 amide bonds. The highest BCUT2D eigenvalue weighted by Gasteiger charge is 2.12. The van der Waals surface area contributed by atoms with Crippen molar-refractivity contribution >= 4 is 17.8 Å². The molecule has 0 radical (unpaired) electrons. The summed E-state index contributed by atoms with van der Waals surface area (Å²) in [5.41, 5.74) is 1.56. The molecule has 0 aromatic heterocycles. The quantitative estimate of drug-likeness (QED) is 0.465. The van der Waals surface area contributed by atoms with Gasteiger partial charge in [0.15, 0.2) is 5.78 Å². The number of carboxylic acid groups (broad SMARTS) is 1. The minimum Gasteiger partial charge on any atom is -0.478 e. The molecule has 0 atom stereocenters. The fraction of sp³-hybridized carbons (Fsp3) is 0.167. The summed E-state index contributed by atoms with van der Waals surface area (Å²) in [5.74, 6) is -1.63. The number of aryl methyl sites for hydroxylation is 1. The van der Waals surface area contributed by atoms with Gasteiger partial charge < -0.3 is 5.11 Å². The number of carbonyl (C=O) groups excluding carboxylic acids is 1. The molecule has 1 N–H and O–H groups in total. The van der Waals surface area contributed by atoms with Gasteiger partial charge in [0.2, 0.25) is 0 Å². The molecule has 0 fully saturated rings. The topological polar surface area (TPSA) is 54.4 Å². The monoisotopic (exact) mass is 204 g/mol. The highest BCUT2D eigenvalue weighted by atomic mass is 16.4. The number of carbonyl (C=O) groups is 2. The van der Waals surface area contributed by atoms with Gasteiger partial charge in [-0.15, -0.1) is 0 Å². The van der Waals surface area contributed by atoms with E-state index in [4.69, 9.17) is 5.11 Å². The highest BCUT2D eigenvalue weighted by molar-refractivity contribution is 6.19. The highest BCUT2D eigenvalue weighted by Crippen LogP contribution is 2.10. The predicted molar refractivity (Wildman–Crippen MR) is 57.5 cm³/mol. The maximum Gasteiger partial charge on any atom is 0.339 e. The summed E-state index contributed by atoms with van der Waals surface area (Å²) in [6, 6.07) is 7.32. The van der Waals surface area contributed by atoms with Gasteiger partial charge in [0.1, 0.15) is 5.57 Å². The van der Waals surface area contributed by atoms with Crippen LogP contribution in [-0.2, 0) is 9.59 Å². The van der Waals surface area contributed by atoms with Gasteiger partial charge in [0.25, 0.3) is 0 Å². The molecule has 0 aliphatic carbocycles. The minimum atomic E-state index is -1.19. The summed E-state index contributed by atoms with van der Waals surface area (Å²) in [7, 11) is 0. The van der Waals surface area contributed by atoms with Crippen LogP contribution in [0.5, 0.6) is 0 Å². The maximum absolute atomic E-state index is 11.0. The van der Waals surface area contributed by atoms with Gasteiger partial charge in [-0.3, -0.25) is 4.79 Å². The van der Waals surface area contributed by atoms with E-state index in [1.807, 2.05) is 25.1 Å². The molecule has 0 heterocycles. The lowest BCUT2D eigenvalue weighted by Gasteiger charge is -1.99. The Morgan fingerprint density at radius 3 is 2.47 bits per heavy atom. The lowest BCUT2D eigenvalue weighted by molar-refractivity contribution is -0.134. The Hall–Kier alpha value is -1.90. The standard InChI is InChI=1S/C12H12O3/c1-8-4-3-5-10(6-8)7-11(9(2)13)12(14)15/h3-7H,1-2H3,(H,14,15)/b11-7-. The van der Waals surface area contributed by atoms with Crippen LogP contribution in [-0.4, -0.2) is 16.9 Å². The van der Waals surface area contributed by atoms with E-state index in [0.717, 1.165) is 11.1 Å².